The van der Waals surface area contributed by atoms with E-state index in [0.29, 0.717) is 0 Å². The van der Waals surface area contributed by atoms with E-state index in [1.54, 1.807) is 0 Å². The Morgan fingerprint density at radius 1 is 1.13 bits per heavy atom. The summed E-state index contributed by atoms with van der Waals surface area (Å²) in [6, 6.07) is 10.0. The summed E-state index contributed by atoms with van der Waals surface area (Å²) in [4.78, 5) is 2.26. The van der Waals surface area contributed by atoms with Gasteiger partial charge in [0.15, 0.2) is 0 Å². The van der Waals surface area contributed by atoms with Crippen molar-refractivity contribution in [2.45, 2.75) is 32.9 Å². The molecule has 2 atom stereocenters. The van der Waals surface area contributed by atoms with Crippen LogP contribution in [0.1, 0.15) is 32.4 Å². The Hall–Kier alpha value is -0.860. The van der Waals surface area contributed by atoms with Gasteiger partial charge in [-0.3, -0.25) is 4.90 Å². The summed E-state index contributed by atoms with van der Waals surface area (Å²) in [5.41, 5.74) is 0.997. The van der Waals surface area contributed by atoms with Gasteiger partial charge in [-0.1, -0.05) is 44.2 Å². The van der Waals surface area contributed by atoms with Crippen molar-refractivity contribution < 1.29 is 5.11 Å². The van der Waals surface area contributed by atoms with Crippen molar-refractivity contribution in [2.75, 3.05) is 13.1 Å². The normalized spacial score (nSPS) is 15.3. The average molecular weight is 207 g/mol. The second-order valence-corrected chi connectivity index (χ2v) is 3.82. The van der Waals surface area contributed by atoms with E-state index in [1.165, 1.54) is 0 Å². The Morgan fingerprint density at radius 3 is 2.13 bits per heavy atom. The summed E-state index contributed by atoms with van der Waals surface area (Å²) in [7, 11) is 0. The van der Waals surface area contributed by atoms with Crippen molar-refractivity contribution in [1.82, 2.24) is 4.90 Å². The van der Waals surface area contributed by atoms with Crippen LogP contribution in [-0.4, -0.2) is 29.1 Å². The molecular formula is C13H21NO. The van der Waals surface area contributed by atoms with Crippen molar-refractivity contribution in [3.05, 3.63) is 35.9 Å². The lowest BCUT2D eigenvalue weighted by molar-refractivity contribution is 0.0638. The van der Waals surface area contributed by atoms with E-state index in [0.717, 1.165) is 18.7 Å². The molecule has 1 aromatic rings. The maximum absolute atomic E-state index is 10.2. The molecule has 0 aliphatic rings. The van der Waals surface area contributed by atoms with Crippen molar-refractivity contribution >= 4 is 0 Å². The molecule has 1 N–H and O–H groups in total. The van der Waals surface area contributed by atoms with Gasteiger partial charge in [-0.25, -0.2) is 0 Å². The molecule has 0 unspecified atom stereocenters. The Balaban J connectivity index is 2.71. The molecule has 0 aromatic heterocycles. The summed E-state index contributed by atoms with van der Waals surface area (Å²) in [5.74, 6) is 0. The first-order chi connectivity index (χ1) is 7.20. The van der Waals surface area contributed by atoms with Crippen molar-refractivity contribution in [1.29, 1.82) is 0 Å². The lowest BCUT2D eigenvalue weighted by Crippen LogP contribution is -2.37. The highest BCUT2D eigenvalue weighted by molar-refractivity contribution is 5.18. The van der Waals surface area contributed by atoms with Crippen LogP contribution in [0, 0.1) is 0 Å². The van der Waals surface area contributed by atoms with Crippen LogP contribution in [0.5, 0.6) is 0 Å². The minimum atomic E-state index is -0.397. The maximum Gasteiger partial charge on any atom is 0.0942 e. The highest BCUT2D eigenvalue weighted by Crippen LogP contribution is 2.20. The molecule has 0 amide bonds. The minimum Gasteiger partial charge on any atom is -0.387 e. The molecule has 2 heteroatoms. The van der Waals surface area contributed by atoms with E-state index >= 15 is 0 Å². The van der Waals surface area contributed by atoms with Gasteiger partial charge in [-0.15, -0.1) is 0 Å². The number of rotatable bonds is 5. The third-order valence-electron chi connectivity index (χ3n) is 2.99. The number of benzene rings is 1. The van der Waals surface area contributed by atoms with E-state index in [9.17, 15) is 5.11 Å². The fraction of sp³-hybridized carbons (Fsp3) is 0.538. The van der Waals surface area contributed by atoms with Crippen LogP contribution in [-0.2, 0) is 0 Å². The second-order valence-electron chi connectivity index (χ2n) is 3.82. The van der Waals surface area contributed by atoms with E-state index in [1.807, 2.05) is 30.3 Å². The average Bonchev–Trinajstić information content (AvgIpc) is 2.30. The standard InChI is InChI=1S/C13H21NO/c1-4-14(5-2)11(3)13(15)12-9-7-6-8-10-12/h6-11,13,15H,4-5H2,1-3H3/t11-,13+/m0/s1. The van der Waals surface area contributed by atoms with Crippen LogP contribution in [0.2, 0.25) is 0 Å². The zero-order valence-corrected chi connectivity index (χ0v) is 9.85. The SMILES string of the molecule is CCN(CC)[C@@H](C)[C@@H](O)c1ccccc1. The quantitative estimate of drug-likeness (QED) is 0.801. The van der Waals surface area contributed by atoms with Gasteiger partial charge in [0.05, 0.1) is 6.10 Å². The first-order valence-corrected chi connectivity index (χ1v) is 5.67. The van der Waals surface area contributed by atoms with E-state index in [2.05, 4.69) is 25.7 Å². The van der Waals surface area contributed by atoms with Gasteiger partial charge in [0, 0.05) is 6.04 Å². The van der Waals surface area contributed by atoms with Crippen LogP contribution in [0.4, 0.5) is 0 Å². The molecule has 0 fully saturated rings. The molecule has 15 heavy (non-hydrogen) atoms. The van der Waals surface area contributed by atoms with Crippen LogP contribution in [0.25, 0.3) is 0 Å². The Labute approximate surface area is 92.5 Å². The predicted molar refractivity (Wildman–Crippen MR) is 63.8 cm³/mol. The van der Waals surface area contributed by atoms with Gasteiger partial charge < -0.3 is 5.11 Å². The second kappa shape index (κ2) is 5.89. The summed E-state index contributed by atoms with van der Waals surface area (Å²) in [6.07, 6.45) is -0.397. The molecule has 0 bridgehead atoms. The summed E-state index contributed by atoms with van der Waals surface area (Å²) in [5, 5.41) is 10.2. The van der Waals surface area contributed by atoms with Crippen molar-refractivity contribution in [2.24, 2.45) is 0 Å². The highest BCUT2D eigenvalue weighted by Gasteiger charge is 2.20. The summed E-state index contributed by atoms with van der Waals surface area (Å²) < 4.78 is 0. The molecule has 0 aliphatic carbocycles. The molecule has 0 heterocycles. The Kier molecular flexibility index (Phi) is 4.79. The first-order valence-electron chi connectivity index (χ1n) is 5.67. The molecule has 0 aliphatic heterocycles. The fourth-order valence-corrected chi connectivity index (χ4v) is 1.93. The number of aliphatic hydroxyl groups excluding tert-OH is 1. The lowest BCUT2D eigenvalue weighted by atomic mass is 10.0. The number of aliphatic hydroxyl groups is 1. The molecule has 0 radical (unpaired) electrons. The van der Waals surface area contributed by atoms with Crippen molar-refractivity contribution in [3.8, 4) is 0 Å². The topological polar surface area (TPSA) is 23.5 Å². The van der Waals surface area contributed by atoms with Crippen LogP contribution < -0.4 is 0 Å². The first kappa shape index (κ1) is 12.2. The van der Waals surface area contributed by atoms with Crippen LogP contribution in [0.15, 0.2) is 30.3 Å². The minimum absolute atomic E-state index is 0.169. The smallest absolute Gasteiger partial charge is 0.0942 e. The van der Waals surface area contributed by atoms with E-state index in [-0.39, 0.29) is 6.04 Å². The lowest BCUT2D eigenvalue weighted by Gasteiger charge is -2.30. The molecule has 2 nitrogen and oxygen atoms in total. The van der Waals surface area contributed by atoms with Crippen LogP contribution in [0.3, 0.4) is 0 Å². The van der Waals surface area contributed by atoms with E-state index < -0.39 is 6.10 Å². The van der Waals surface area contributed by atoms with Gasteiger partial charge >= 0.3 is 0 Å². The van der Waals surface area contributed by atoms with E-state index in [4.69, 9.17) is 0 Å². The zero-order chi connectivity index (χ0) is 11.3. The Bertz CT molecular complexity index is 269. The van der Waals surface area contributed by atoms with Crippen molar-refractivity contribution in [3.63, 3.8) is 0 Å². The number of nitrogens with zero attached hydrogens (tertiary/aromatic N) is 1. The monoisotopic (exact) mass is 207 g/mol. The van der Waals surface area contributed by atoms with Gasteiger partial charge in [0.25, 0.3) is 0 Å². The Morgan fingerprint density at radius 2 is 1.67 bits per heavy atom. The summed E-state index contributed by atoms with van der Waals surface area (Å²) >= 11 is 0. The van der Waals surface area contributed by atoms with Crippen LogP contribution >= 0.6 is 0 Å². The van der Waals surface area contributed by atoms with Gasteiger partial charge in [0.1, 0.15) is 0 Å². The largest absolute Gasteiger partial charge is 0.387 e. The molecular weight excluding hydrogens is 186 g/mol. The predicted octanol–water partition coefficient (Wildman–Crippen LogP) is 2.45. The number of likely N-dealkylation sites (N-methyl/N-ethyl adjacent to an activating group) is 1. The molecule has 0 saturated heterocycles. The maximum atomic E-state index is 10.2. The molecule has 1 rings (SSSR count). The highest BCUT2D eigenvalue weighted by atomic mass is 16.3. The molecule has 0 saturated carbocycles. The van der Waals surface area contributed by atoms with Gasteiger partial charge in [0.2, 0.25) is 0 Å². The molecule has 0 spiro atoms. The number of hydrogen-bond acceptors (Lipinski definition) is 2. The fourth-order valence-electron chi connectivity index (χ4n) is 1.93. The zero-order valence-electron chi connectivity index (χ0n) is 9.85. The number of hydrogen-bond donors (Lipinski definition) is 1. The summed E-state index contributed by atoms with van der Waals surface area (Å²) in [6.45, 7) is 8.27. The molecule has 1 aromatic carbocycles. The van der Waals surface area contributed by atoms with Gasteiger partial charge in [-0.2, -0.15) is 0 Å². The third kappa shape index (κ3) is 3.05. The third-order valence-corrected chi connectivity index (χ3v) is 2.99. The molecule has 84 valence electrons. The van der Waals surface area contributed by atoms with Gasteiger partial charge in [-0.05, 0) is 25.6 Å².